The van der Waals surface area contributed by atoms with Gasteiger partial charge in [-0.15, -0.1) is 0 Å². The Labute approximate surface area is 128 Å². The third kappa shape index (κ3) is 8.13. The normalized spacial score (nSPS) is 12.9. The molecule has 1 unspecified atom stereocenters. The Hall–Kier alpha value is -1.83. The van der Waals surface area contributed by atoms with E-state index in [1.807, 2.05) is 42.5 Å². The molecule has 1 atom stereocenters. The van der Waals surface area contributed by atoms with Crippen LogP contribution in [0.4, 0.5) is 0 Å². The lowest BCUT2D eigenvalue weighted by Crippen LogP contribution is -2.12. The predicted molar refractivity (Wildman–Crippen MR) is 88.9 cm³/mol. The number of benzene rings is 1. The number of carbonyl (C=O) groups is 1. The largest absolute Gasteiger partial charge is 0.462 e. The van der Waals surface area contributed by atoms with Crippen LogP contribution in [-0.4, -0.2) is 12.6 Å². The van der Waals surface area contributed by atoms with E-state index in [1.54, 1.807) is 6.08 Å². The van der Waals surface area contributed by atoms with E-state index in [0.29, 0.717) is 12.5 Å². The van der Waals surface area contributed by atoms with E-state index in [9.17, 15) is 4.79 Å². The Morgan fingerprint density at radius 2 is 1.95 bits per heavy atom. The molecule has 0 aliphatic carbocycles. The maximum Gasteiger partial charge on any atom is 0.330 e. The highest BCUT2D eigenvalue weighted by molar-refractivity contribution is 5.82. The molecule has 0 heterocycles. The molecule has 0 saturated heterocycles. The summed E-state index contributed by atoms with van der Waals surface area (Å²) in [7, 11) is 0. The van der Waals surface area contributed by atoms with Gasteiger partial charge in [-0.1, -0.05) is 81.7 Å². The van der Waals surface area contributed by atoms with Gasteiger partial charge in [0.15, 0.2) is 0 Å². The molecule has 2 nitrogen and oxygen atoms in total. The third-order valence-corrected chi connectivity index (χ3v) is 3.44. The van der Waals surface area contributed by atoms with Crippen LogP contribution in [-0.2, 0) is 9.53 Å². The van der Waals surface area contributed by atoms with Crippen molar-refractivity contribution in [3.63, 3.8) is 0 Å². The van der Waals surface area contributed by atoms with Crippen molar-refractivity contribution in [3.05, 3.63) is 54.1 Å². The minimum absolute atomic E-state index is 0.261. The van der Waals surface area contributed by atoms with Gasteiger partial charge < -0.3 is 4.74 Å². The number of allylic oxidation sites excluding steroid dienone is 2. The topological polar surface area (TPSA) is 26.3 Å². The predicted octanol–water partition coefficient (Wildman–Crippen LogP) is 5.02. The molecule has 0 fully saturated rings. The lowest BCUT2D eigenvalue weighted by Gasteiger charge is -2.13. The van der Waals surface area contributed by atoms with Gasteiger partial charge in [0.25, 0.3) is 0 Å². The molecule has 0 N–H and O–H groups in total. The average molecular weight is 286 g/mol. The van der Waals surface area contributed by atoms with E-state index in [1.165, 1.54) is 18.9 Å². The molecule has 2 heteroatoms. The second kappa shape index (κ2) is 10.9. The van der Waals surface area contributed by atoms with Crippen molar-refractivity contribution in [2.75, 3.05) is 6.61 Å². The third-order valence-electron chi connectivity index (χ3n) is 3.44. The Morgan fingerprint density at radius 3 is 2.62 bits per heavy atom. The monoisotopic (exact) mass is 286 g/mol. The molecule has 0 radical (unpaired) electrons. The van der Waals surface area contributed by atoms with Crippen LogP contribution in [0, 0.1) is 5.92 Å². The maximum atomic E-state index is 11.6. The number of unbranched alkanes of at least 4 members (excludes halogenated alkanes) is 1. The molecular weight excluding hydrogens is 260 g/mol. The number of carbonyl (C=O) groups excluding carboxylic acids is 1. The first-order valence-electron chi connectivity index (χ1n) is 7.82. The maximum absolute atomic E-state index is 11.6. The number of hydrogen-bond acceptors (Lipinski definition) is 2. The Balaban J connectivity index is 2.29. The van der Waals surface area contributed by atoms with Crippen LogP contribution in [0.5, 0.6) is 0 Å². The summed E-state index contributed by atoms with van der Waals surface area (Å²) < 4.78 is 5.28. The minimum atomic E-state index is -0.261. The van der Waals surface area contributed by atoms with E-state index >= 15 is 0 Å². The summed E-state index contributed by atoms with van der Waals surface area (Å²) in [5, 5.41) is 0. The summed E-state index contributed by atoms with van der Waals surface area (Å²) in [4.78, 5) is 11.6. The quantitative estimate of drug-likeness (QED) is 0.362. The van der Waals surface area contributed by atoms with Crippen molar-refractivity contribution in [1.82, 2.24) is 0 Å². The van der Waals surface area contributed by atoms with Crippen molar-refractivity contribution in [1.29, 1.82) is 0 Å². The Bertz CT molecular complexity index is 446. The molecule has 0 saturated carbocycles. The molecule has 1 rings (SSSR count). The molecule has 0 bridgehead atoms. The van der Waals surface area contributed by atoms with Gasteiger partial charge in [0.05, 0.1) is 6.61 Å². The first-order valence-corrected chi connectivity index (χ1v) is 7.82. The first kappa shape index (κ1) is 17.2. The van der Waals surface area contributed by atoms with Crippen LogP contribution in [0.25, 0.3) is 6.08 Å². The number of esters is 1. The van der Waals surface area contributed by atoms with E-state index in [2.05, 4.69) is 13.8 Å². The molecule has 21 heavy (non-hydrogen) atoms. The molecule has 0 aliphatic rings. The summed E-state index contributed by atoms with van der Waals surface area (Å²) in [5.41, 5.74) is 1.11. The fourth-order valence-corrected chi connectivity index (χ4v) is 2.01. The van der Waals surface area contributed by atoms with Crippen LogP contribution in [0.2, 0.25) is 0 Å². The molecular formula is C19H26O2. The van der Waals surface area contributed by atoms with Crippen LogP contribution >= 0.6 is 0 Å². The van der Waals surface area contributed by atoms with Crippen molar-refractivity contribution < 1.29 is 9.53 Å². The standard InChI is InChI=1S/C19H26O2/c1-3-5-11-17(4-2)16-21-19(20)15-10-9-14-18-12-7-6-8-13-18/h6-10,12-15,17H,3-5,11,16H2,1-2H3. The zero-order chi connectivity index (χ0) is 15.3. The van der Waals surface area contributed by atoms with Gasteiger partial charge in [-0.25, -0.2) is 4.79 Å². The second-order valence-corrected chi connectivity index (χ2v) is 5.18. The SMILES string of the molecule is CCCCC(CC)COC(=O)C=CC=Cc1ccccc1. The Kier molecular flexibility index (Phi) is 8.94. The highest BCUT2D eigenvalue weighted by Gasteiger charge is 2.07. The van der Waals surface area contributed by atoms with E-state index in [4.69, 9.17) is 4.74 Å². The van der Waals surface area contributed by atoms with E-state index < -0.39 is 0 Å². The van der Waals surface area contributed by atoms with Crippen LogP contribution in [0.3, 0.4) is 0 Å². The molecule has 0 aliphatic heterocycles. The summed E-state index contributed by atoms with van der Waals surface area (Å²) in [6.45, 7) is 4.86. The van der Waals surface area contributed by atoms with Crippen LogP contribution < -0.4 is 0 Å². The van der Waals surface area contributed by atoms with Crippen LogP contribution in [0.1, 0.15) is 45.1 Å². The Morgan fingerprint density at radius 1 is 1.19 bits per heavy atom. The zero-order valence-electron chi connectivity index (χ0n) is 13.1. The number of rotatable bonds is 9. The molecule has 0 spiro atoms. The van der Waals surface area contributed by atoms with Crippen molar-refractivity contribution >= 4 is 12.0 Å². The summed E-state index contributed by atoms with van der Waals surface area (Å²) in [5.74, 6) is 0.227. The molecule has 114 valence electrons. The van der Waals surface area contributed by atoms with E-state index in [0.717, 1.165) is 18.4 Å². The van der Waals surface area contributed by atoms with Gasteiger partial charge in [-0.2, -0.15) is 0 Å². The average Bonchev–Trinajstić information content (AvgIpc) is 2.53. The first-order chi connectivity index (χ1) is 10.3. The van der Waals surface area contributed by atoms with Gasteiger partial charge in [0, 0.05) is 6.08 Å². The highest BCUT2D eigenvalue weighted by Crippen LogP contribution is 2.12. The number of ether oxygens (including phenoxy) is 1. The number of hydrogen-bond donors (Lipinski definition) is 0. The smallest absolute Gasteiger partial charge is 0.330 e. The second-order valence-electron chi connectivity index (χ2n) is 5.18. The van der Waals surface area contributed by atoms with Crippen molar-refractivity contribution in [2.24, 2.45) is 5.92 Å². The summed E-state index contributed by atoms with van der Waals surface area (Å²) >= 11 is 0. The summed E-state index contributed by atoms with van der Waals surface area (Å²) in [6.07, 6.45) is 11.6. The van der Waals surface area contributed by atoms with E-state index in [-0.39, 0.29) is 5.97 Å². The van der Waals surface area contributed by atoms with Gasteiger partial charge in [-0.05, 0) is 17.9 Å². The molecule has 0 aromatic heterocycles. The molecule has 1 aromatic rings. The zero-order valence-corrected chi connectivity index (χ0v) is 13.1. The fourth-order valence-electron chi connectivity index (χ4n) is 2.01. The summed E-state index contributed by atoms with van der Waals surface area (Å²) in [6, 6.07) is 9.98. The van der Waals surface area contributed by atoms with Gasteiger partial charge in [0.1, 0.15) is 0 Å². The van der Waals surface area contributed by atoms with Gasteiger partial charge >= 0.3 is 5.97 Å². The molecule has 1 aromatic carbocycles. The van der Waals surface area contributed by atoms with Crippen molar-refractivity contribution in [3.8, 4) is 0 Å². The van der Waals surface area contributed by atoms with Crippen molar-refractivity contribution in [2.45, 2.75) is 39.5 Å². The van der Waals surface area contributed by atoms with Gasteiger partial charge in [0.2, 0.25) is 0 Å². The van der Waals surface area contributed by atoms with Gasteiger partial charge in [-0.3, -0.25) is 0 Å². The fraction of sp³-hybridized carbons (Fsp3) is 0.421. The molecule has 0 amide bonds. The lowest BCUT2D eigenvalue weighted by atomic mass is 10.0. The minimum Gasteiger partial charge on any atom is -0.462 e. The highest BCUT2D eigenvalue weighted by atomic mass is 16.5. The lowest BCUT2D eigenvalue weighted by molar-refractivity contribution is -0.139. The van der Waals surface area contributed by atoms with Crippen LogP contribution in [0.15, 0.2) is 48.6 Å².